The van der Waals surface area contributed by atoms with Crippen LogP contribution < -0.4 is 0 Å². The molecule has 0 aliphatic heterocycles. The Morgan fingerprint density at radius 3 is 0.677 bits per heavy atom. The van der Waals surface area contributed by atoms with Gasteiger partial charge in [0.05, 0.1) is 0 Å². The van der Waals surface area contributed by atoms with Crippen LogP contribution in [0.2, 0.25) is 104 Å². The molecule has 0 rings (SSSR count). The van der Waals surface area contributed by atoms with E-state index in [2.05, 4.69) is 112 Å². The first-order chi connectivity index (χ1) is 13.2. The fraction of sp³-hybridized carbons (Fsp3) is 1.00. The van der Waals surface area contributed by atoms with Crippen LogP contribution in [0.4, 0.5) is 0 Å². The SMILES string of the molecule is CC(C)[Si](O[Si](C)(C)O[Si](C)(C)C)(O[Si](C)(C)O[Si](C)(C)C)O[Si](C)(C)O[Si](C)(C)C. The molecule has 0 saturated heterocycles. The summed E-state index contributed by atoms with van der Waals surface area (Å²) in [5.41, 5.74) is 0.0681. The van der Waals surface area contributed by atoms with Crippen molar-refractivity contribution < 1.29 is 24.7 Å². The van der Waals surface area contributed by atoms with Crippen molar-refractivity contribution in [3.8, 4) is 0 Å². The van der Waals surface area contributed by atoms with E-state index in [1.165, 1.54) is 0 Å². The molecule has 0 aliphatic rings. The first-order valence-electron chi connectivity index (χ1n) is 11.4. The summed E-state index contributed by atoms with van der Waals surface area (Å²) in [5.74, 6) is 0. The monoisotopic (exact) mass is 560 g/mol. The topological polar surface area (TPSA) is 55.4 Å². The zero-order valence-electron chi connectivity index (χ0n) is 23.5. The van der Waals surface area contributed by atoms with E-state index in [0.717, 1.165) is 0 Å². The standard InChI is InChI=1S/C18H52O6Si7/c1-18(2)31(22-28(12,13)19-25(3,4)5,23-29(14,15)20-26(6,7)8)24-30(16,17)21-27(9,10)11/h18H,1-17H3. The van der Waals surface area contributed by atoms with Crippen LogP contribution in [0.1, 0.15) is 13.8 Å². The number of rotatable bonds is 13. The Balaban J connectivity index is 6.32. The Hall–Kier alpha value is 1.28. The van der Waals surface area contributed by atoms with Crippen LogP contribution in [0.3, 0.4) is 0 Å². The Morgan fingerprint density at radius 2 is 0.548 bits per heavy atom. The number of hydrogen-bond acceptors (Lipinski definition) is 6. The molecule has 0 aromatic rings. The second-order valence-corrected chi connectivity index (χ2v) is 41.2. The second kappa shape index (κ2) is 10.5. The Bertz CT molecular complexity index is 503. The highest BCUT2D eigenvalue weighted by molar-refractivity contribution is 6.93. The van der Waals surface area contributed by atoms with Crippen molar-refractivity contribution >= 4 is 59.4 Å². The summed E-state index contributed by atoms with van der Waals surface area (Å²) >= 11 is 0. The first-order valence-corrected chi connectivity index (χ1v) is 31.9. The molecule has 188 valence electrons. The summed E-state index contributed by atoms with van der Waals surface area (Å²) in [6.45, 7) is 36.8. The van der Waals surface area contributed by atoms with E-state index in [1.807, 2.05) is 0 Å². The molecule has 0 aliphatic carbocycles. The van der Waals surface area contributed by atoms with Crippen LogP contribution in [-0.4, -0.2) is 59.4 Å². The molecular weight excluding hydrogens is 509 g/mol. The van der Waals surface area contributed by atoms with Crippen molar-refractivity contribution in [2.75, 3.05) is 0 Å². The minimum atomic E-state index is -3.20. The van der Waals surface area contributed by atoms with E-state index >= 15 is 0 Å². The van der Waals surface area contributed by atoms with Gasteiger partial charge in [0.25, 0.3) is 0 Å². The van der Waals surface area contributed by atoms with Gasteiger partial charge in [-0.25, -0.2) is 0 Å². The van der Waals surface area contributed by atoms with Crippen molar-refractivity contribution in [1.29, 1.82) is 0 Å². The van der Waals surface area contributed by atoms with E-state index in [9.17, 15) is 0 Å². The van der Waals surface area contributed by atoms with E-state index in [-0.39, 0.29) is 5.54 Å². The van der Waals surface area contributed by atoms with Gasteiger partial charge in [-0.15, -0.1) is 0 Å². The molecule has 31 heavy (non-hydrogen) atoms. The lowest BCUT2D eigenvalue weighted by Crippen LogP contribution is -2.67. The molecule has 0 N–H and O–H groups in total. The van der Waals surface area contributed by atoms with Gasteiger partial charge in [-0.1, -0.05) is 13.8 Å². The molecule has 0 atom stereocenters. The van der Waals surface area contributed by atoms with Crippen molar-refractivity contribution in [1.82, 2.24) is 0 Å². The van der Waals surface area contributed by atoms with E-state index < -0.39 is 59.4 Å². The van der Waals surface area contributed by atoms with Gasteiger partial charge in [0, 0.05) is 5.54 Å². The third-order valence-electron chi connectivity index (χ3n) is 3.53. The average Bonchev–Trinajstić information content (AvgIpc) is 2.24. The maximum absolute atomic E-state index is 6.95. The van der Waals surface area contributed by atoms with Gasteiger partial charge in [-0.2, -0.15) is 0 Å². The Labute approximate surface area is 201 Å². The predicted molar refractivity (Wildman–Crippen MR) is 150 cm³/mol. The lowest BCUT2D eigenvalue weighted by Gasteiger charge is -2.48. The predicted octanol–water partition coefficient (Wildman–Crippen LogP) is 7.05. The van der Waals surface area contributed by atoms with Gasteiger partial charge in [-0.3, -0.25) is 0 Å². The molecule has 6 nitrogen and oxygen atoms in total. The van der Waals surface area contributed by atoms with Gasteiger partial charge in [0.1, 0.15) is 0 Å². The quantitative estimate of drug-likeness (QED) is 0.225. The summed E-state index contributed by atoms with van der Waals surface area (Å²) in [7, 11) is -16.2. The molecule has 0 spiro atoms. The Morgan fingerprint density at radius 1 is 0.355 bits per heavy atom. The van der Waals surface area contributed by atoms with Crippen molar-refractivity contribution in [3.05, 3.63) is 0 Å². The zero-order chi connectivity index (χ0) is 25.3. The summed E-state index contributed by atoms with van der Waals surface area (Å²) < 4.78 is 40.5. The fourth-order valence-electron chi connectivity index (χ4n) is 3.72. The molecular formula is C18H52O6Si7. The van der Waals surface area contributed by atoms with Crippen LogP contribution in [0.5, 0.6) is 0 Å². The third-order valence-corrected chi connectivity index (χ3v) is 27.5. The molecule has 0 aromatic heterocycles. The van der Waals surface area contributed by atoms with Gasteiger partial charge in [-0.05, 0) is 98.2 Å². The minimum Gasteiger partial charge on any atom is -0.437 e. The lowest BCUT2D eigenvalue weighted by molar-refractivity contribution is 0.182. The Kier molecular flexibility index (Phi) is 10.9. The normalized spacial score (nSPS) is 15.7. The van der Waals surface area contributed by atoms with Crippen LogP contribution in [0.25, 0.3) is 0 Å². The van der Waals surface area contributed by atoms with E-state index in [0.29, 0.717) is 0 Å². The third kappa shape index (κ3) is 14.3. The fourth-order valence-corrected chi connectivity index (χ4v) is 35.7. The van der Waals surface area contributed by atoms with E-state index in [1.54, 1.807) is 0 Å². The molecule has 0 unspecified atom stereocenters. The molecule has 0 bridgehead atoms. The van der Waals surface area contributed by atoms with Gasteiger partial charge < -0.3 is 24.7 Å². The van der Waals surface area contributed by atoms with Crippen molar-refractivity contribution in [3.63, 3.8) is 0 Å². The molecule has 13 heteroatoms. The van der Waals surface area contributed by atoms with Crippen molar-refractivity contribution in [2.45, 2.75) is 118 Å². The highest BCUT2D eigenvalue weighted by Gasteiger charge is 2.58. The van der Waals surface area contributed by atoms with Crippen LogP contribution in [0.15, 0.2) is 0 Å². The molecule has 0 fully saturated rings. The average molecular weight is 561 g/mol. The summed E-state index contributed by atoms with van der Waals surface area (Å²) in [4.78, 5) is 0. The van der Waals surface area contributed by atoms with Crippen LogP contribution in [0, 0.1) is 0 Å². The molecule has 0 radical (unpaired) electrons. The van der Waals surface area contributed by atoms with Gasteiger partial charge in [0.2, 0.25) is 0 Å². The summed E-state index contributed by atoms with van der Waals surface area (Å²) in [6, 6.07) is 0. The first kappa shape index (κ1) is 32.3. The largest absolute Gasteiger partial charge is 0.476 e. The minimum absolute atomic E-state index is 0.0681. The molecule has 0 heterocycles. The smallest absolute Gasteiger partial charge is 0.437 e. The van der Waals surface area contributed by atoms with Crippen LogP contribution in [-0.2, 0) is 24.7 Å². The second-order valence-electron chi connectivity index (χ2n) is 12.9. The highest BCUT2D eigenvalue weighted by Crippen LogP contribution is 2.36. The summed E-state index contributed by atoms with van der Waals surface area (Å²) in [6.07, 6.45) is 0. The highest BCUT2D eigenvalue weighted by atomic mass is 28.5. The van der Waals surface area contributed by atoms with Gasteiger partial charge >= 0.3 is 34.5 Å². The van der Waals surface area contributed by atoms with E-state index in [4.69, 9.17) is 24.7 Å². The maximum Gasteiger partial charge on any atom is 0.476 e. The molecule has 0 saturated carbocycles. The molecule has 0 aromatic carbocycles. The maximum atomic E-state index is 6.95. The van der Waals surface area contributed by atoms with Crippen LogP contribution >= 0.6 is 0 Å². The molecule has 0 amide bonds. The van der Waals surface area contributed by atoms with Gasteiger partial charge in [0.15, 0.2) is 25.0 Å². The van der Waals surface area contributed by atoms with Crippen molar-refractivity contribution in [2.24, 2.45) is 0 Å². The zero-order valence-corrected chi connectivity index (χ0v) is 30.5. The lowest BCUT2D eigenvalue weighted by atomic mass is 10.6. The number of hydrogen-bond donors (Lipinski definition) is 0. The summed E-state index contributed by atoms with van der Waals surface area (Å²) in [5, 5.41) is 0.